The fraction of sp³-hybridized carbons (Fsp3) is 0.294. The number of hydrogen-bond donors (Lipinski definition) is 2. The highest BCUT2D eigenvalue weighted by atomic mass is 32.1. The van der Waals surface area contributed by atoms with Crippen LogP contribution in [0.3, 0.4) is 0 Å². The van der Waals surface area contributed by atoms with Crippen LogP contribution in [0.5, 0.6) is 0 Å². The van der Waals surface area contributed by atoms with Gasteiger partial charge >= 0.3 is 12.2 Å². The third-order valence-electron chi connectivity index (χ3n) is 4.79. The number of thiophene rings is 1. The van der Waals surface area contributed by atoms with Crippen molar-refractivity contribution in [1.29, 1.82) is 0 Å². The van der Waals surface area contributed by atoms with Gasteiger partial charge in [0.1, 0.15) is 5.92 Å². The molecule has 12 heteroatoms. The molecule has 1 saturated heterocycles. The van der Waals surface area contributed by atoms with Crippen LogP contribution in [0.25, 0.3) is 0 Å². The normalized spacial score (nSPS) is 24.9. The summed E-state index contributed by atoms with van der Waals surface area (Å²) >= 11 is 0.893. The molecule has 8 nitrogen and oxygen atoms in total. The molecule has 1 aromatic heterocycles. The van der Waals surface area contributed by atoms with Crippen molar-refractivity contribution in [2.75, 3.05) is 7.05 Å². The Morgan fingerprint density at radius 1 is 1.31 bits per heavy atom. The summed E-state index contributed by atoms with van der Waals surface area (Å²) in [5, 5.41) is 25.3. The molecule has 2 aromatic rings. The summed E-state index contributed by atoms with van der Waals surface area (Å²) in [7, 11) is 0.740. The molecule has 0 aliphatic carbocycles. The molecule has 2 N–H and O–H groups in total. The zero-order valence-electron chi connectivity index (χ0n) is 14.7. The molecular formula is C17H14F3N3O5S. The molecule has 3 atom stereocenters. The Morgan fingerprint density at radius 3 is 2.41 bits per heavy atom. The molecule has 0 bridgehead atoms. The molecule has 154 valence electrons. The summed E-state index contributed by atoms with van der Waals surface area (Å²) < 4.78 is 41.9. The molecule has 1 fully saturated rings. The third-order valence-corrected chi connectivity index (χ3v) is 5.67. The summed E-state index contributed by atoms with van der Waals surface area (Å²) in [5.41, 5.74) is -4.10. The van der Waals surface area contributed by atoms with Crippen LogP contribution in [0.1, 0.15) is 21.3 Å². The maximum Gasteiger partial charge on any atom is 0.437 e. The Bertz CT molecular complexity index is 948. The average molecular weight is 429 g/mol. The fourth-order valence-electron chi connectivity index (χ4n) is 3.26. The van der Waals surface area contributed by atoms with E-state index in [0.29, 0.717) is 0 Å². The van der Waals surface area contributed by atoms with Gasteiger partial charge in [0.25, 0.3) is 11.4 Å². The lowest BCUT2D eigenvalue weighted by Crippen LogP contribution is -2.72. The summed E-state index contributed by atoms with van der Waals surface area (Å²) in [6, 6.07) is 4.32. The molecule has 0 spiro atoms. The number of non-ortho nitro benzene ring substituents is 1. The van der Waals surface area contributed by atoms with Crippen LogP contribution < -0.4 is 5.32 Å². The lowest BCUT2D eigenvalue weighted by Gasteiger charge is -2.49. The molecule has 2 amide bonds. The van der Waals surface area contributed by atoms with Crippen LogP contribution in [-0.4, -0.2) is 45.7 Å². The van der Waals surface area contributed by atoms with Gasteiger partial charge in [0.15, 0.2) is 5.78 Å². The van der Waals surface area contributed by atoms with E-state index in [0.717, 1.165) is 42.6 Å². The largest absolute Gasteiger partial charge is 0.437 e. The minimum Gasteiger partial charge on any atom is -0.363 e. The smallest absolute Gasteiger partial charge is 0.363 e. The number of carbonyl (C=O) groups is 2. The van der Waals surface area contributed by atoms with Gasteiger partial charge in [-0.05, 0) is 17.0 Å². The minimum atomic E-state index is -5.35. The second kappa shape index (κ2) is 7.12. The molecule has 1 aliphatic rings. The van der Waals surface area contributed by atoms with Crippen molar-refractivity contribution in [3.63, 3.8) is 0 Å². The number of aliphatic hydroxyl groups is 1. The molecule has 29 heavy (non-hydrogen) atoms. The summed E-state index contributed by atoms with van der Waals surface area (Å²) in [5.74, 6) is -3.17. The van der Waals surface area contributed by atoms with Crippen LogP contribution in [0.15, 0.2) is 41.8 Å². The van der Waals surface area contributed by atoms with E-state index >= 15 is 0 Å². The van der Waals surface area contributed by atoms with Crippen molar-refractivity contribution in [2.24, 2.45) is 5.92 Å². The standard InChI is InChI=1S/C17H14F3N3O5S/c1-22-15(25)21-13(9-4-6-10(7-5-9)23(27)28)12(16(22,26)17(18,19)20)14(24)11-3-2-8-29-11/h2-8,12-13,26H,1H3,(H,21,25)/t12-,13-,16-/m1/s1. The minimum absolute atomic E-state index is 0.00892. The quantitative estimate of drug-likeness (QED) is 0.441. The van der Waals surface area contributed by atoms with Crippen molar-refractivity contribution < 1.29 is 32.8 Å². The van der Waals surface area contributed by atoms with Crippen molar-refractivity contribution in [3.05, 3.63) is 62.3 Å². The first-order valence-electron chi connectivity index (χ1n) is 8.14. The van der Waals surface area contributed by atoms with Crippen LogP contribution in [-0.2, 0) is 0 Å². The molecule has 0 radical (unpaired) electrons. The number of Topliss-reactive ketones (excluding diaryl/α,β-unsaturated/α-hetero) is 1. The van der Waals surface area contributed by atoms with E-state index in [4.69, 9.17) is 0 Å². The molecular weight excluding hydrogens is 415 g/mol. The van der Waals surface area contributed by atoms with Gasteiger partial charge in [-0.3, -0.25) is 19.8 Å². The molecule has 1 aliphatic heterocycles. The number of rotatable bonds is 4. The Morgan fingerprint density at radius 2 is 1.93 bits per heavy atom. The highest BCUT2D eigenvalue weighted by molar-refractivity contribution is 7.12. The van der Waals surface area contributed by atoms with E-state index in [9.17, 15) is 38.0 Å². The molecule has 3 rings (SSSR count). The molecule has 1 aromatic carbocycles. The van der Waals surface area contributed by atoms with Gasteiger partial charge in [-0.2, -0.15) is 13.2 Å². The molecule has 2 heterocycles. The van der Waals surface area contributed by atoms with Crippen molar-refractivity contribution >= 4 is 28.8 Å². The second-order valence-corrected chi connectivity index (χ2v) is 7.33. The number of ketones is 1. The van der Waals surface area contributed by atoms with Crippen molar-refractivity contribution in [1.82, 2.24) is 10.2 Å². The first kappa shape index (κ1) is 20.7. The number of carbonyl (C=O) groups excluding carboxylic acids is 2. The van der Waals surface area contributed by atoms with Gasteiger partial charge in [0, 0.05) is 19.2 Å². The van der Waals surface area contributed by atoms with E-state index < -0.39 is 40.6 Å². The van der Waals surface area contributed by atoms with Crippen LogP contribution in [0.2, 0.25) is 0 Å². The van der Waals surface area contributed by atoms with Crippen LogP contribution in [0.4, 0.5) is 23.7 Å². The van der Waals surface area contributed by atoms with Crippen LogP contribution >= 0.6 is 11.3 Å². The van der Waals surface area contributed by atoms with Crippen molar-refractivity contribution in [2.45, 2.75) is 17.9 Å². The Hall–Kier alpha value is -2.99. The molecule has 0 saturated carbocycles. The second-order valence-electron chi connectivity index (χ2n) is 6.38. The van der Waals surface area contributed by atoms with Gasteiger partial charge in [0.2, 0.25) is 0 Å². The summed E-state index contributed by atoms with van der Waals surface area (Å²) in [6.07, 6.45) is -5.35. The topological polar surface area (TPSA) is 113 Å². The summed E-state index contributed by atoms with van der Waals surface area (Å²) in [4.78, 5) is 35.4. The Balaban J connectivity index is 2.17. The maximum atomic E-state index is 14.0. The maximum absolute atomic E-state index is 14.0. The SMILES string of the molecule is CN1C(=O)N[C@H](c2ccc([N+](=O)[O-])cc2)[C@H](C(=O)c2cccs2)[C@@]1(O)C(F)(F)F. The number of alkyl halides is 3. The lowest BCUT2D eigenvalue weighted by atomic mass is 9.78. The van der Waals surface area contributed by atoms with E-state index in [1.165, 1.54) is 17.5 Å². The number of urea groups is 1. The number of nitrogens with one attached hydrogen (secondary N) is 1. The number of halogens is 3. The fourth-order valence-corrected chi connectivity index (χ4v) is 3.96. The number of nitro groups is 1. The summed E-state index contributed by atoms with van der Waals surface area (Å²) in [6.45, 7) is 0. The van der Waals surface area contributed by atoms with E-state index in [1.807, 2.05) is 0 Å². The van der Waals surface area contributed by atoms with Gasteiger partial charge in [-0.15, -0.1) is 11.3 Å². The Labute approximate surface area is 165 Å². The van der Waals surface area contributed by atoms with Gasteiger partial charge in [0.05, 0.1) is 15.8 Å². The first-order chi connectivity index (χ1) is 13.5. The predicted octanol–water partition coefficient (Wildman–Crippen LogP) is 3.10. The monoisotopic (exact) mass is 429 g/mol. The number of nitrogens with zero attached hydrogens (tertiary/aromatic N) is 2. The van der Waals surface area contributed by atoms with E-state index in [2.05, 4.69) is 5.32 Å². The average Bonchev–Trinajstić information content (AvgIpc) is 3.19. The number of benzene rings is 1. The van der Waals surface area contributed by atoms with Gasteiger partial charge < -0.3 is 10.4 Å². The van der Waals surface area contributed by atoms with Crippen LogP contribution in [0, 0.1) is 16.0 Å². The predicted molar refractivity (Wildman–Crippen MR) is 95.3 cm³/mol. The third kappa shape index (κ3) is 3.34. The van der Waals surface area contributed by atoms with Crippen molar-refractivity contribution in [3.8, 4) is 0 Å². The highest BCUT2D eigenvalue weighted by Crippen LogP contribution is 2.47. The number of amides is 2. The zero-order valence-corrected chi connectivity index (χ0v) is 15.5. The lowest BCUT2D eigenvalue weighted by molar-refractivity contribution is -0.384. The zero-order chi connectivity index (χ0) is 21.6. The number of hydrogen-bond acceptors (Lipinski definition) is 6. The Kier molecular flexibility index (Phi) is 5.09. The number of nitro benzene ring substituents is 1. The van der Waals surface area contributed by atoms with E-state index in [1.54, 1.807) is 0 Å². The first-order valence-corrected chi connectivity index (χ1v) is 9.02. The van der Waals surface area contributed by atoms with Gasteiger partial charge in [-0.1, -0.05) is 18.2 Å². The van der Waals surface area contributed by atoms with E-state index in [-0.39, 0.29) is 21.0 Å². The highest BCUT2D eigenvalue weighted by Gasteiger charge is 2.69. The van der Waals surface area contributed by atoms with Gasteiger partial charge in [-0.25, -0.2) is 4.79 Å². The molecule has 0 unspecified atom stereocenters.